The molecule has 0 unspecified atom stereocenters. The second-order valence-corrected chi connectivity index (χ2v) is 4.51. The van der Waals surface area contributed by atoms with Gasteiger partial charge in [-0.1, -0.05) is 24.3 Å². The van der Waals surface area contributed by atoms with Crippen LogP contribution in [0.2, 0.25) is 0 Å². The number of hydrogen-bond donors (Lipinski definition) is 3. The fraction of sp³-hybridized carbons (Fsp3) is 0.188. The number of carbonyl (C=O) groups excluding carboxylic acids is 1. The van der Waals surface area contributed by atoms with Crippen molar-refractivity contribution in [2.24, 2.45) is 0 Å². The minimum absolute atomic E-state index is 0.00805. The first-order chi connectivity index (χ1) is 10.2. The van der Waals surface area contributed by atoms with E-state index >= 15 is 0 Å². The van der Waals surface area contributed by atoms with E-state index < -0.39 is 0 Å². The molecule has 0 radical (unpaired) electrons. The summed E-state index contributed by atoms with van der Waals surface area (Å²) in [5, 5.41) is 14.6. The van der Waals surface area contributed by atoms with Crippen molar-refractivity contribution in [3.8, 4) is 5.75 Å². The molecule has 0 heterocycles. The van der Waals surface area contributed by atoms with Gasteiger partial charge in [0, 0.05) is 12.2 Å². The van der Waals surface area contributed by atoms with Crippen molar-refractivity contribution in [3.05, 3.63) is 59.7 Å². The summed E-state index contributed by atoms with van der Waals surface area (Å²) in [6.45, 7) is 0.391. The summed E-state index contributed by atoms with van der Waals surface area (Å²) < 4.78 is 5.05. The van der Waals surface area contributed by atoms with Crippen LogP contribution in [0.3, 0.4) is 0 Å². The van der Waals surface area contributed by atoms with Crippen LogP contribution in [0.5, 0.6) is 5.75 Å². The Kier molecular flexibility index (Phi) is 5.17. The van der Waals surface area contributed by atoms with Gasteiger partial charge in [-0.2, -0.15) is 0 Å². The number of urea groups is 1. The molecule has 0 aliphatic rings. The highest BCUT2D eigenvalue weighted by Crippen LogP contribution is 2.14. The van der Waals surface area contributed by atoms with Gasteiger partial charge in [0.2, 0.25) is 0 Å². The third kappa shape index (κ3) is 4.50. The Hall–Kier alpha value is -2.53. The van der Waals surface area contributed by atoms with E-state index in [2.05, 4.69) is 10.6 Å². The van der Waals surface area contributed by atoms with E-state index in [-0.39, 0.29) is 12.6 Å². The summed E-state index contributed by atoms with van der Waals surface area (Å²) in [6, 6.07) is 14.2. The number of anilines is 1. The summed E-state index contributed by atoms with van der Waals surface area (Å²) >= 11 is 0. The molecule has 110 valence electrons. The van der Waals surface area contributed by atoms with Crippen LogP contribution >= 0.6 is 0 Å². The van der Waals surface area contributed by atoms with Crippen LogP contribution in [0.1, 0.15) is 11.1 Å². The van der Waals surface area contributed by atoms with E-state index in [1.807, 2.05) is 24.3 Å². The van der Waals surface area contributed by atoms with Crippen LogP contribution in [-0.4, -0.2) is 18.2 Å². The van der Waals surface area contributed by atoms with E-state index in [4.69, 9.17) is 9.84 Å². The zero-order chi connectivity index (χ0) is 15.1. The Morgan fingerprint density at radius 1 is 1.14 bits per heavy atom. The van der Waals surface area contributed by atoms with Crippen molar-refractivity contribution in [3.63, 3.8) is 0 Å². The number of methoxy groups -OCH3 is 1. The monoisotopic (exact) mass is 286 g/mol. The van der Waals surface area contributed by atoms with E-state index in [1.54, 1.807) is 31.4 Å². The van der Waals surface area contributed by atoms with Crippen LogP contribution in [0, 0.1) is 0 Å². The predicted octanol–water partition coefficient (Wildman–Crippen LogP) is 2.51. The second-order valence-electron chi connectivity index (χ2n) is 4.51. The third-order valence-electron chi connectivity index (χ3n) is 2.97. The van der Waals surface area contributed by atoms with Gasteiger partial charge >= 0.3 is 6.03 Å². The minimum atomic E-state index is -0.283. The number of rotatable bonds is 5. The number of amides is 2. The number of carbonyl (C=O) groups is 1. The van der Waals surface area contributed by atoms with Gasteiger partial charge in [0.15, 0.2) is 0 Å². The molecular formula is C16H18N2O3. The third-order valence-corrected chi connectivity index (χ3v) is 2.97. The van der Waals surface area contributed by atoms with Gasteiger partial charge in [0.1, 0.15) is 5.75 Å². The number of nitrogens with one attached hydrogen (secondary N) is 2. The fourth-order valence-electron chi connectivity index (χ4n) is 1.87. The smallest absolute Gasteiger partial charge is 0.319 e. The van der Waals surface area contributed by atoms with Gasteiger partial charge in [-0.25, -0.2) is 4.79 Å². The van der Waals surface area contributed by atoms with Gasteiger partial charge in [0.25, 0.3) is 0 Å². The molecule has 0 spiro atoms. The van der Waals surface area contributed by atoms with Gasteiger partial charge in [0.05, 0.1) is 13.7 Å². The highest BCUT2D eigenvalue weighted by molar-refractivity contribution is 5.89. The molecule has 5 heteroatoms. The Labute approximate surface area is 123 Å². The number of hydrogen-bond acceptors (Lipinski definition) is 3. The van der Waals surface area contributed by atoms with Crippen molar-refractivity contribution < 1.29 is 14.6 Å². The van der Waals surface area contributed by atoms with Gasteiger partial charge in [-0.3, -0.25) is 0 Å². The molecular weight excluding hydrogens is 268 g/mol. The van der Waals surface area contributed by atoms with Crippen molar-refractivity contribution in [2.75, 3.05) is 12.4 Å². The van der Waals surface area contributed by atoms with Crippen molar-refractivity contribution in [1.29, 1.82) is 0 Å². The molecule has 0 saturated carbocycles. The SMILES string of the molecule is COc1ccc(NC(=O)NCc2cccc(CO)c2)cc1. The molecule has 21 heavy (non-hydrogen) atoms. The number of ether oxygens (including phenoxy) is 1. The van der Waals surface area contributed by atoms with E-state index in [0.717, 1.165) is 16.9 Å². The Bertz CT molecular complexity index is 597. The number of aliphatic hydroxyl groups is 1. The summed E-state index contributed by atoms with van der Waals surface area (Å²) in [4.78, 5) is 11.8. The maximum absolute atomic E-state index is 11.8. The molecule has 0 saturated heterocycles. The molecule has 2 amide bonds. The maximum Gasteiger partial charge on any atom is 0.319 e. The fourth-order valence-corrected chi connectivity index (χ4v) is 1.87. The van der Waals surface area contributed by atoms with E-state index in [1.165, 1.54) is 0 Å². The summed E-state index contributed by atoms with van der Waals surface area (Å²) in [5.41, 5.74) is 2.45. The van der Waals surface area contributed by atoms with Crippen LogP contribution in [-0.2, 0) is 13.2 Å². The molecule has 0 aromatic heterocycles. The van der Waals surface area contributed by atoms with E-state index in [0.29, 0.717) is 12.2 Å². The van der Waals surface area contributed by atoms with Crippen molar-refractivity contribution in [1.82, 2.24) is 5.32 Å². The molecule has 0 aliphatic heterocycles. The standard InChI is InChI=1S/C16H18N2O3/c1-21-15-7-5-14(6-8-15)18-16(20)17-10-12-3-2-4-13(9-12)11-19/h2-9,19H,10-11H2,1H3,(H2,17,18,20). The second kappa shape index (κ2) is 7.31. The lowest BCUT2D eigenvalue weighted by Gasteiger charge is -2.09. The maximum atomic E-state index is 11.8. The quantitative estimate of drug-likeness (QED) is 0.791. The molecule has 0 atom stereocenters. The van der Waals surface area contributed by atoms with Gasteiger partial charge in [-0.15, -0.1) is 0 Å². The van der Waals surface area contributed by atoms with Crippen molar-refractivity contribution in [2.45, 2.75) is 13.2 Å². The molecule has 2 aromatic rings. The Morgan fingerprint density at radius 3 is 2.52 bits per heavy atom. The summed E-state index contributed by atoms with van der Waals surface area (Å²) in [7, 11) is 1.59. The number of aliphatic hydroxyl groups excluding tert-OH is 1. The molecule has 5 nitrogen and oxygen atoms in total. The van der Waals surface area contributed by atoms with Crippen LogP contribution in [0.4, 0.5) is 10.5 Å². The first-order valence-corrected chi connectivity index (χ1v) is 6.59. The van der Waals surface area contributed by atoms with Crippen LogP contribution in [0.25, 0.3) is 0 Å². The van der Waals surface area contributed by atoms with Crippen LogP contribution in [0.15, 0.2) is 48.5 Å². The topological polar surface area (TPSA) is 70.6 Å². The molecule has 0 fully saturated rings. The predicted molar refractivity (Wildman–Crippen MR) is 81.2 cm³/mol. The average molecular weight is 286 g/mol. The zero-order valence-corrected chi connectivity index (χ0v) is 11.8. The average Bonchev–Trinajstić information content (AvgIpc) is 2.54. The van der Waals surface area contributed by atoms with Gasteiger partial charge < -0.3 is 20.5 Å². The Morgan fingerprint density at radius 2 is 1.86 bits per heavy atom. The lowest BCUT2D eigenvalue weighted by atomic mass is 10.1. The largest absolute Gasteiger partial charge is 0.497 e. The highest BCUT2D eigenvalue weighted by atomic mass is 16.5. The van der Waals surface area contributed by atoms with Gasteiger partial charge in [-0.05, 0) is 35.4 Å². The normalized spacial score (nSPS) is 10.0. The lowest BCUT2D eigenvalue weighted by Crippen LogP contribution is -2.28. The highest BCUT2D eigenvalue weighted by Gasteiger charge is 2.02. The van der Waals surface area contributed by atoms with E-state index in [9.17, 15) is 4.79 Å². The first-order valence-electron chi connectivity index (χ1n) is 6.59. The zero-order valence-electron chi connectivity index (χ0n) is 11.8. The molecule has 2 rings (SSSR count). The first kappa shape index (κ1) is 14.9. The molecule has 2 aromatic carbocycles. The molecule has 3 N–H and O–H groups in total. The molecule has 0 aliphatic carbocycles. The van der Waals surface area contributed by atoms with Crippen molar-refractivity contribution >= 4 is 11.7 Å². The van der Waals surface area contributed by atoms with Crippen LogP contribution < -0.4 is 15.4 Å². The summed E-state index contributed by atoms with van der Waals surface area (Å²) in [5.74, 6) is 0.738. The number of benzene rings is 2. The minimum Gasteiger partial charge on any atom is -0.497 e. The Balaban J connectivity index is 1.86. The lowest BCUT2D eigenvalue weighted by molar-refractivity contribution is 0.251. The summed E-state index contributed by atoms with van der Waals surface area (Å²) in [6.07, 6.45) is 0. The molecule has 0 bridgehead atoms.